The van der Waals surface area contributed by atoms with E-state index >= 15 is 0 Å². The molecule has 136 valence electrons. The lowest BCUT2D eigenvalue weighted by molar-refractivity contribution is -0.137. The van der Waals surface area contributed by atoms with Gasteiger partial charge in [-0.3, -0.25) is 4.79 Å². The molecule has 2 heteroatoms. The van der Waals surface area contributed by atoms with Crippen LogP contribution in [0.1, 0.15) is 79.1 Å². The molecule has 0 aromatic carbocycles. The first-order valence-corrected chi connectivity index (χ1v) is 10.5. The Morgan fingerprint density at radius 2 is 1.67 bits per heavy atom. The lowest BCUT2D eigenvalue weighted by Gasteiger charge is -2.61. The van der Waals surface area contributed by atoms with E-state index in [1.54, 1.807) is 6.92 Å². The van der Waals surface area contributed by atoms with E-state index in [9.17, 15) is 9.90 Å². The van der Waals surface area contributed by atoms with Gasteiger partial charge in [0.2, 0.25) is 0 Å². The lowest BCUT2D eigenvalue weighted by atomic mass is 9.44. The molecule has 9 atom stereocenters. The minimum atomic E-state index is -0.395. The van der Waals surface area contributed by atoms with Crippen molar-refractivity contribution in [3.8, 4) is 0 Å². The topological polar surface area (TPSA) is 37.3 Å². The summed E-state index contributed by atoms with van der Waals surface area (Å²) in [5.41, 5.74) is 0.577. The van der Waals surface area contributed by atoms with Gasteiger partial charge in [0, 0.05) is 5.92 Å². The number of aliphatic hydroxyl groups excluding tert-OH is 1. The van der Waals surface area contributed by atoms with Gasteiger partial charge in [0.25, 0.3) is 0 Å². The van der Waals surface area contributed by atoms with E-state index in [1.807, 2.05) is 0 Å². The Morgan fingerprint density at radius 3 is 2.38 bits per heavy atom. The Hall–Kier alpha value is -0.370. The van der Waals surface area contributed by atoms with Crippen LogP contribution in [0, 0.1) is 46.3 Å². The summed E-state index contributed by atoms with van der Waals surface area (Å²) in [4.78, 5) is 12.2. The van der Waals surface area contributed by atoms with Crippen LogP contribution in [0.3, 0.4) is 0 Å². The summed E-state index contributed by atoms with van der Waals surface area (Å²) >= 11 is 0. The largest absolute Gasteiger partial charge is 0.392 e. The zero-order valence-corrected chi connectivity index (χ0v) is 16.1. The number of hydrogen-bond acceptors (Lipinski definition) is 2. The zero-order valence-electron chi connectivity index (χ0n) is 16.1. The van der Waals surface area contributed by atoms with E-state index in [-0.39, 0.29) is 17.1 Å². The highest BCUT2D eigenvalue weighted by molar-refractivity contribution is 5.80. The van der Waals surface area contributed by atoms with Crippen LogP contribution in [0.15, 0.2) is 0 Å². The van der Waals surface area contributed by atoms with Crippen LogP contribution in [-0.4, -0.2) is 17.0 Å². The molecule has 0 radical (unpaired) electrons. The quantitative estimate of drug-likeness (QED) is 0.746. The summed E-state index contributed by atoms with van der Waals surface area (Å²) in [6.07, 6.45) is 9.88. The van der Waals surface area contributed by atoms with Gasteiger partial charge in [0.05, 0.1) is 6.10 Å². The Labute approximate surface area is 147 Å². The number of fused-ring (bicyclic) bond motifs is 5. The zero-order chi connectivity index (χ0) is 17.3. The van der Waals surface area contributed by atoms with E-state index in [2.05, 4.69) is 20.8 Å². The normalized spacial score (nSPS) is 57.0. The van der Waals surface area contributed by atoms with Crippen molar-refractivity contribution in [1.82, 2.24) is 0 Å². The molecule has 0 aromatic rings. The molecule has 1 N–H and O–H groups in total. The van der Waals surface area contributed by atoms with Crippen molar-refractivity contribution in [3.05, 3.63) is 0 Å². The van der Waals surface area contributed by atoms with Gasteiger partial charge in [-0.15, -0.1) is 0 Å². The third kappa shape index (κ3) is 2.20. The monoisotopic (exact) mass is 332 g/mol. The highest BCUT2D eigenvalue weighted by Gasteiger charge is 2.62. The van der Waals surface area contributed by atoms with E-state index in [0.717, 1.165) is 36.5 Å². The predicted molar refractivity (Wildman–Crippen MR) is 96.5 cm³/mol. The predicted octanol–water partition coefficient (Wildman–Crippen LogP) is 4.84. The van der Waals surface area contributed by atoms with Gasteiger partial charge < -0.3 is 5.11 Å². The molecule has 0 amide bonds. The number of hydrogen-bond donors (Lipinski definition) is 1. The van der Waals surface area contributed by atoms with Gasteiger partial charge in [-0.05, 0) is 92.3 Å². The second kappa shape index (κ2) is 5.56. The van der Waals surface area contributed by atoms with Gasteiger partial charge in [-0.2, -0.15) is 0 Å². The van der Waals surface area contributed by atoms with Gasteiger partial charge in [-0.25, -0.2) is 0 Å². The van der Waals surface area contributed by atoms with E-state index < -0.39 is 6.10 Å². The molecule has 8 unspecified atom stereocenters. The number of aliphatic hydroxyl groups is 1. The summed E-state index contributed by atoms with van der Waals surface area (Å²) in [5, 5.41) is 10.7. The van der Waals surface area contributed by atoms with Crippen molar-refractivity contribution in [2.75, 3.05) is 0 Å². The molecule has 4 aliphatic rings. The third-order valence-corrected chi connectivity index (χ3v) is 9.39. The molecule has 24 heavy (non-hydrogen) atoms. The molecule has 4 fully saturated rings. The fourth-order valence-corrected chi connectivity index (χ4v) is 8.22. The molecular weight excluding hydrogens is 296 g/mol. The molecule has 4 aliphatic carbocycles. The Kier molecular flexibility index (Phi) is 3.95. The van der Waals surface area contributed by atoms with Crippen molar-refractivity contribution in [2.24, 2.45) is 46.3 Å². The first kappa shape index (κ1) is 17.1. The molecule has 0 bridgehead atoms. The molecule has 0 aromatic heterocycles. The van der Waals surface area contributed by atoms with Crippen molar-refractivity contribution in [3.63, 3.8) is 0 Å². The minimum absolute atomic E-state index is 0.0531. The smallest absolute Gasteiger partial charge is 0.136 e. The van der Waals surface area contributed by atoms with Gasteiger partial charge in [0.15, 0.2) is 0 Å². The summed E-state index contributed by atoms with van der Waals surface area (Å²) in [7, 11) is 0. The Balaban J connectivity index is 1.64. The van der Waals surface area contributed by atoms with Crippen LogP contribution in [0.4, 0.5) is 0 Å². The molecule has 2 nitrogen and oxygen atoms in total. The van der Waals surface area contributed by atoms with Gasteiger partial charge >= 0.3 is 0 Å². The van der Waals surface area contributed by atoms with Crippen LogP contribution in [0.5, 0.6) is 0 Å². The van der Waals surface area contributed by atoms with Crippen LogP contribution < -0.4 is 0 Å². The maximum atomic E-state index is 12.2. The molecule has 0 spiro atoms. The minimum Gasteiger partial charge on any atom is -0.392 e. The molecule has 4 saturated carbocycles. The average molecular weight is 333 g/mol. The molecule has 4 rings (SSSR count). The second-order valence-corrected chi connectivity index (χ2v) is 10.5. The Bertz CT molecular complexity index is 528. The summed E-state index contributed by atoms with van der Waals surface area (Å²) in [6.45, 7) is 9.06. The second-order valence-electron chi connectivity index (χ2n) is 10.5. The maximum absolute atomic E-state index is 12.2. The number of carbonyl (C=O) groups is 1. The fourth-order valence-electron chi connectivity index (χ4n) is 8.22. The van der Waals surface area contributed by atoms with E-state index in [0.29, 0.717) is 11.3 Å². The number of rotatable bonds is 1. The van der Waals surface area contributed by atoms with E-state index in [1.165, 1.54) is 38.5 Å². The molecule has 0 heterocycles. The molecule has 0 saturated heterocycles. The van der Waals surface area contributed by atoms with Crippen LogP contribution in [-0.2, 0) is 4.79 Å². The standard InChI is InChI=1S/C22H36O2/c1-13-7-9-21(3)15(11-13)5-6-16-17(21)8-10-22(4)18(16)12-19(24)20(22)14(2)23/h13,15-20,24H,5-12H2,1-4H3/t13?,15?,16?,17?,18?,19?,20-,21?,22?/m0/s1. The highest BCUT2D eigenvalue weighted by Crippen LogP contribution is 2.67. The molecular formula is C22H36O2. The van der Waals surface area contributed by atoms with Crippen LogP contribution >= 0.6 is 0 Å². The van der Waals surface area contributed by atoms with Crippen molar-refractivity contribution < 1.29 is 9.90 Å². The average Bonchev–Trinajstić information content (AvgIpc) is 2.78. The summed E-state index contributed by atoms with van der Waals surface area (Å²) in [5.74, 6) is 4.08. The number of ketones is 1. The number of carbonyl (C=O) groups excluding carboxylic acids is 1. The number of Topliss-reactive ketones (excluding diaryl/α,β-unsaturated/α-hetero) is 1. The molecule has 0 aliphatic heterocycles. The van der Waals surface area contributed by atoms with Gasteiger partial charge in [-0.1, -0.05) is 27.2 Å². The maximum Gasteiger partial charge on any atom is 0.136 e. The lowest BCUT2D eigenvalue weighted by Crippen LogP contribution is -2.53. The summed E-state index contributed by atoms with van der Waals surface area (Å²) < 4.78 is 0. The SMILES string of the molecule is CC(=O)[C@H]1C(O)CC2C3CCC4CC(C)CCC4(C)C3CCC21C. The van der Waals surface area contributed by atoms with Crippen molar-refractivity contribution >= 4 is 5.78 Å². The highest BCUT2D eigenvalue weighted by atomic mass is 16.3. The van der Waals surface area contributed by atoms with Crippen molar-refractivity contribution in [1.29, 1.82) is 0 Å². The Morgan fingerprint density at radius 1 is 0.958 bits per heavy atom. The van der Waals surface area contributed by atoms with Gasteiger partial charge in [0.1, 0.15) is 5.78 Å². The summed E-state index contributed by atoms with van der Waals surface area (Å²) in [6, 6.07) is 0. The van der Waals surface area contributed by atoms with Crippen LogP contribution in [0.25, 0.3) is 0 Å². The van der Waals surface area contributed by atoms with Crippen molar-refractivity contribution in [2.45, 2.75) is 85.2 Å². The first-order valence-electron chi connectivity index (χ1n) is 10.5. The van der Waals surface area contributed by atoms with E-state index in [4.69, 9.17) is 0 Å². The fraction of sp³-hybridized carbons (Fsp3) is 0.955. The first-order chi connectivity index (χ1) is 11.3. The third-order valence-electron chi connectivity index (χ3n) is 9.39. The van der Waals surface area contributed by atoms with Crippen LogP contribution in [0.2, 0.25) is 0 Å².